The van der Waals surface area contributed by atoms with E-state index in [1.165, 1.54) is 102 Å². The van der Waals surface area contributed by atoms with Crippen LogP contribution in [0.4, 0.5) is 0 Å². The lowest BCUT2D eigenvalue weighted by Crippen LogP contribution is -2.61. The minimum absolute atomic E-state index is 0.398. The number of nitrogens with zero attached hydrogens (tertiary/aromatic N) is 1. The van der Waals surface area contributed by atoms with Gasteiger partial charge in [-0.2, -0.15) is 0 Å². The normalized spacial score (nSPS) is 35.4. The first kappa shape index (κ1) is 17.1. The van der Waals surface area contributed by atoms with Gasteiger partial charge in [-0.1, -0.05) is 38.2 Å². The summed E-state index contributed by atoms with van der Waals surface area (Å²) in [6, 6.07) is 6.31. The Bertz CT molecular complexity index is 664. The second-order valence-corrected chi connectivity index (χ2v) is 9.90. The number of phenols is 1. The van der Waals surface area contributed by atoms with Crippen molar-refractivity contribution in [3.05, 3.63) is 29.3 Å². The third-order valence-corrected chi connectivity index (χ3v) is 8.62. The molecular formula is C24H35NO. The fourth-order valence-corrected chi connectivity index (χ4v) is 7.39. The smallest absolute Gasteiger partial charge is 0.115 e. The zero-order chi connectivity index (χ0) is 17.6. The van der Waals surface area contributed by atoms with Crippen molar-refractivity contribution in [3.63, 3.8) is 0 Å². The van der Waals surface area contributed by atoms with Crippen LogP contribution in [0.25, 0.3) is 0 Å². The molecule has 142 valence electrons. The second kappa shape index (κ2) is 6.55. The van der Waals surface area contributed by atoms with Crippen LogP contribution in [0.15, 0.2) is 18.2 Å². The number of hydrogen-bond acceptors (Lipinski definition) is 2. The van der Waals surface area contributed by atoms with Gasteiger partial charge in [-0.25, -0.2) is 0 Å². The molecule has 26 heavy (non-hydrogen) atoms. The van der Waals surface area contributed by atoms with E-state index in [0.29, 0.717) is 16.6 Å². The van der Waals surface area contributed by atoms with E-state index in [2.05, 4.69) is 17.0 Å². The molecule has 0 bridgehead atoms. The van der Waals surface area contributed by atoms with Gasteiger partial charge in [0.05, 0.1) is 0 Å². The van der Waals surface area contributed by atoms with Crippen LogP contribution in [0.1, 0.15) is 81.8 Å². The van der Waals surface area contributed by atoms with Crippen LogP contribution >= 0.6 is 0 Å². The number of benzene rings is 1. The molecule has 2 unspecified atom stereocenters. The predicted molar refractivity (Wildman–Crippen MR) is 107 cm³/mol. The molecule has 0 aromatic heterocycles. The third kappa shape index (κ3) is 2.63. The average Bonchev–Trinajstić information content (AvgIpc) is 2.67. The van der Waals surface area contributed by atoms with E-state index in [1.807, 2.05) is 6.07 Å². The molecule has 2 saturated carbocycles. The van der Waals surface area contributed by atoms with Gasteiger partial charge in [-0.3, -0.25) is 0 Å². The maximum Gasteiger partial charge on any atom is 0.115 e. The molecule has 2 atom stereocenters. The van der Waals surface area contributed by atoms with Gasteiger partial charge < -0.3 is 10.0 Å². The summed E-state index contributed by atoms with van der Waals surface area (Å²) in [6.07, 6.45) is 16.8. The highest BCUT2D eigenvalue weighted by molar-refractivity contribution is 5.45. The molecule has 0 spiro atoms. The van der Waals surface area contributed by atoms with Crippen LogP contribution in [-0.4, -0.2) is 29.6 Å². The summed E-state index contributed by atoms with van der Waals surface area (Å²) in [4.78, 5) is 2.87. The molecule has 1 N–H and O–H groups in total. The Labute approximate surface area is 159 Å². The van der Waals surface area contributed by atoms with Crippen molar-refractivity contribution in [1.29, 1.82) is 0 Å². The maximum atomic E-state index is 9.99. The van der Waals surface area contributed by atoms with Crippen molar-refractivity contribution in [1.82, 2.24) is 4.90 Å². The lowest BCUT2D eigenvalue weighted by molar-refractivity contribution is -0.0532. The van der Waals surface area contributed by atoms with Crippen LogP contribution in [0.5, 0.6) is 5.75 Å². The van der Waals surface area contributed by atoms with E-state index < -0.39 is 0 Å². The van der Waals surface area contributed by atoms with Crippen LogP contribution in [0.3, 0.4) is 0 Å². The van der Waals surface area contributed by atoms with Crippen molar-refractivity contribution in [2.45, 2.75) is 82.5 Å². The Hall–Kier alpha value is -1.02. The molecule has 2 heteroatoms. The summed E-state index contributed by atoms with van der Waals surface area (Å²) in [5, 5.41) is 9.99. The van der Waals surface area contributed by atoms with E-state index in [1.54, 1.807) is 5.56 Å². The maximum absolute atomic E-state index is 9.99. The van der Waals surface area contributed by atoms with Gasteiger partial charge >= 0.3 is 0 Å². The molecule has 1 saturated heterocycles. The first-order chi connectivity index (χ1) is 12.7. The first-order valence-electron chi connectivity index (χ1n) is 11.3. The molecule has 1 aromatic carbocycles. The monoisotopic (exact) mass is 353 g/mol. The third-order valence-electron chi connectivity index (χ3n) is 8.62. The van der Waals surface area contributed by atoms with Crippen molar-refractivity contribution in [2.24, 2.45) is 11.3 Å². The Kier molecular flexibility index (Phi) is 4.31. The van der Waals surface area contributed by atoms with Crippen molar-refractivity contribution in [2.75, 3.05) is 19.6 Å². The summed E-state index contributed by atoms with van der Waals surface area (Å²) in [7, 11) is 0. The highest BCUT2D eigenvalue weighted by atomic mass is 16.3. The minimum atomic E-state index is 0.398. The van der Waals surface area contributed by atoms with Crippen LogP contribution in [-0.2, 0) is 11.8 Å². The summed E-state index contributed by atoms with van der Waals surface area (Å²) in [5.41, 5.74) is 3.96. The molecular weight excluding hydrogens is 318 g/mol. The van der Waals surface area contributed by atoms with Gasteiger partial charge in [0.1, 0.15) is 5.75 Å². The number of aryl methyl sites for hydroxylation is 1. The number of likely N-dealkylation sites (tertiary alicyclic amines) is 1. The standard InChI is InChI=1S/C24H35NO/c26-21-8-9-22-20(16-21)10-13-23-11-4-5-12-24(22,23)14-15-25(18-23)17-19-6-2-1-3-7-19/h8-9,16,19,26H,1-7,10-15,17-18H2. The average molecular weight is 354 g/mol. The molecule has 3 fully saturated rings. The Balaban J connectivity index is 1.44. The largest absolute Gasteiger partial charge is 0.508 e. The Morgan fingerprint density at radius 1 is 0.962 bits per heavy atom. The highest BCUT2D eigenvalue weighted by Gasteiger charge is 2.58. The van der Waals surface area contributed by atoms with Crippen LogP contribution in [0, 0.1) is 11.3 Å². The Morgan fingerprint density at radius 3 is 2.69 bits per heavy atom. The van der Waals surface area contributed by atoms with Gasteiger partial charge in [0, 0.05) is 18.5 Å². The molecule has 5 rings (SSSR count). The fourth-order valence-electron chi connectivity index (χ4n) is 7.39. The van der Waals surface area contributed by atoms with E-state index in [0.717, 1.165) is 5.92 Å². The second-order valence-electron chi connectivity index (χ2n) is 9.90. The Morgan fingerprint density at radius 2 is 1.81 bits per heavy atom. The molecule has 3 aliphatic carbocycles. The van der Waals surface area contributed by atoms with Gasteiger partial charge in [0.25, 0.3) is 0 Å². The first-order valence-corrected chi connectivity index (χ1v) is 11.3. The van der Waals surface area contributed by atoms with Gasteiger partial charge in [0.15, 0.2) is 0 Å². The van der Waals surface area contributed by atoms with Crippen molar-refractivity contribution >= 4 is 0 Å². The van der Waals surface area contributed by atoms with Gasteiger partial charge in [-0.05, 0) is 86.1 Å². The number of phenolic OH excluding ortho intramolecular Hbond substituents is 1. The van der Waals surface area contributed by atoms with Crippen molar-refractivity contribution < 1.29 is 5.11 Å². The number of aromatic hydroxyl groups is 1. The van der Waals surface area contributed by atoms with Gasteiger partial charge in [-0.15, -0.1) is 0 Å². The lowest BCUT2D eigenvalue weighted by atomic mass is 9.46. The van der Waals surface area contributed by atoms with Crippen molar-refractivity contribution in [3.8, 4) is 5.75 Å². The zero-order valence-corrected chi connectivity index (χ0v) is 16.3. The number of fused-ring (bicyclic) bond motifs is 1. The predicted octanol–water partition coefficient (Wildman–Crippen LogP) is 5.42. The van der Waals surface area contributed by atoms with E-state index in [9.17, 15) is 5.11 Å². The molecule has 1 aromatic rings. The lowest BCUT2D eigenvalue weighted by Gasteiger charge is -2.62. The van der Waals surface area contributed by atoms with E-state index in [-0.39, 0.29) is 0 Å². The van der Waals surface area contributed by atoms with Crippen LogP contribution in [0.2, 0.25) is 0 Å². The minimum Gasteiger partial charge on any atom is -0.508 e. The zero-order valence-electron chi connectivity index (χ0n) is 16.3. The number of piperidine rings is 1. The SMILES string of the molecule is Oc1ccc2c(c1)CCC13CCCCC21CCN(CC1CCCCC1)C3. The fraction of sp³-hybridized carbons (Fsp3) is 0.750. The summed E-state index contributed by atoms with van der Waals surface area (Å²) in [6.45, 7) is 3.99. The molecule has 2 nitrogen and oxygen atoms in total. The summed E-state index contributed by atoms with van der Waals surface area (Å²) < 4.78 is 0. The summed E-state index contributed by atoms with van der Waals surface area (Å²) >= 11 is 0. The van der Waals surface area contributed by atoms with E-state index in [4.69, 9.17) is 0 Å². The number of hydrogen-bond donors (Lipinski definition) is 1. The topological polar surface area (TPSA) is 23.5 Å². The summed E-state index contributed by atoms with van der Waals surface area (Å²) in [5.74, 6) is 1.42. The quantitative estimate of drug-likeness (QED) is 0.767. The molecule has 1 aliphatic heterocycles. The molecule has 0 amide bonds. The van der Waals surface area contributed by atoms with Gasteiger partial charge in [0.2, 0.25) is 0 Å². The highest BCUT2D eigenvalue weighted by Crippen LogP contribution is 2.62. The molecule has 4 aliphatic rings. The molecule has 1 heterocycles. The number of rotatable bonds is 2. The molecule has 0 radical (unpaired) electrons. The van der Waals surface area contributed by atoms with E-state index >= 15 is 0 Å². The van der Waals surface area contributed by atoms with Crippen LogP contribution < -0.4 is 0 Å².